The van der Waals surface area contributed by atoms with Gasteiger partial charge in [-0.3, -0.25) is 10.1 Å². The van der Waals surface area contributed by atoms with E-state index in [1.54, 1.807) is 6.07 Å². The van der Waals surface area contributed by atoms with Gasteiger partial charge in [-0.05, 0) is 18.2 Å². The van der Waals surface area contributed by atoms with E-state index in [-0.39, 0.29) is 28.3 Å². The molecule has 0 spiro atoms. The number of nitro benzene ring substituents is 1. The number of non-ortho nitro benzene ring substituents is 1. The van der Waals surface area contributed by atoms with Gasteiger partial charge in [0.15, 0.2) is 11.8 Å². The second-order valence-corrected chi connectivity index (χ2v) is 5.34. The first-order valence-electron chi connectivity index (χ1n) is 7.01. The van der Waals surface area contributed by atoms with Crippen molar-refractivity contribution in [2.24, 2.45) is 0 Å². The number of alkyl halides is 2. The van der Waals surface area contributed by atoms with E-state index >= 15 is 0 Å². The maximum absolute atomic E-state index is 13.4. The summed E-state index contributed by atoms with van der Waals surface area (Å²) in [6, 6.07) is 8.23. The van der Waals surface area contributed by atoms with E-state index in [4.69, 9.17) is 4.74 Å². The lowest BCUT2D eigenvalue weighted by molar-refractivity contribution is -0.608. The van der Waals surface area contributed by atoms with Crippen LogP contribution in [0.1, 0.15) is 11.3 Å². The molecular formula is C16H12F2N2O4. The van der Waals surface area contributed by atoms with Crippen LogP contribution < -0.4 is 9.47 Å². The quantitative estimate of drug-likeness (QED) is 0.373. The molecule has 0 atom stereocenters. The Morgan fingerprint density at radius 1 is 1.21 bits per heavy atom. The first-order chi connectivity index (χ1) is 11.5. The maximum atomic E-state index is 13.4. The van der Waals surface area contributed by atoms with Crippen molar-refractivity contribution >= 4 is 11.3 Å². The Labute approximate surface area is 135 Å². The number of aromatic nitrogens is 1. The van der Waals surface area contributed by atoms with Gasteiger partial charge in [0.25, 0.3) is 5.69 Å². The minimum Gasteiger partial charge on any atom is -0.618 e. The summed E-state index contributed by atoms with van der Waals surface area (Å²) in [5.74, 6) is 0.0808. The third-order valence-electron chi connectivity index (χ3n) is 3.74. The number of hydrogen-bond donors (Lipinski definition) is 0. The highest BCUT2D eigenvalue weighted by Gasteiger charge is 2.38. The van der Waals surface area contributed by atoms with Crippen LogP contribution in [-0.2, 0) is 0 Å². The van der Waals surface area contributed by atoms with Gasteiger partial charge in [-0.15, -0.1) is 0 Å². The number of benzene rings is 1. The van der Waals surface area contributed by atoms with Crippen molar-refractivity contribution in [1.29, 1.82) is 0 Å². The molecule has 1 aliphatic heterocycles. The maximum Gasteiger partial charge on any atom is 0.270 e. The van der Waals surface area contributed by atoms with E-state index in [0.717, 1.165) is 0 Å². The number of nitro groups is 1. The summed E-state index contributed by atoms with van der Waals surface area (Å²) >= 11 is 0. The first kappa shape index (κ1) is 15.9. The minimum atomic E-state index is -1.86. The fraction of sp³-hybridized carbons (Fsp3) is 0.188. The molecule has 8 heteroatoms. The normalized spacial score (nSPS) is 15.2. The van der Waals surface area contributed by atoms with E-state index in [1.165, 1.54) is 42.6 Å². The molecule has 0 N–H and O–H groups in total. The van der Waals surface area contributed by atoms with Crippen molar-refractivity contribution in [3.8, 4) is 5.75 Å². The average molecular weight is 334 g/mol. The molecule has 0 aliphatic carbocycles. The lowest BCUT2D eigenvalue weighted by atomic mass is 9.91. The molecule has 6 nitrogen and oxygen atoms in total. The Morgan fingerprint density at radius 3 is 2.58 bits per heavy atom. The summed E-state index contributed by atoms with van der Waals surface area (Å²) in [5.41, 5.74) is -1.54. The number of ether oxygens (including phenoxy) is 1. The topological polar surface area (TPSA) is 79.3 Å². The molecule has 0 saturated carbocycles. The Hall–Kier alpha value is -3.03. The molecule has 0 fully saturated rings. The molecule has 0 amide bonds. The molecule has 24 heavy (non-hydrogen) atoms. The van der Waals surface area contributed by atoms with Crippen molar-refractivity contribution in [2.75, 3.05) is 13.3 Å². The predicted octanol–water partition coefficient (Wildman–Crippen LogP) is 2.73. The SMILES string of the molecule is O=[N+]([O-])c1ccc2c(c1)C(c1cccc[n+]1[O-])=CC(CF)(CF)O2. The van der Waals surface area contributed by atoms with Gasteiger partial charge in [-0.25, -0.2) is 8.78 Å². The first-order valence-corrected chi connectivity index (χ1v) is 7.01. The summed E-state index contributed by atoms with van der Waals surface area (Å²) in [5, 5.41) is 23.0. The summed E-state index contributed by atoms with van der Waals surface area (Å²) in [4.78, 5) is 10.4. The largest absolute Gasteiger partial charge is 0.618 e. The number of halogens is 2. The van der Waals surface area contributed by atoms with Gasteiger partial charge in [-0.1, -0.05) is 0 Å². The van der Waals surface area contributed by atoms with Crippen LogP contribution in [0.4, 0.5) is 14.5 Å². The van der Waals surface area contributed by atoms with Crippen molar-refractivity contribution in [1.82, 2.24) is 0 Å². The van der Waals surface area contributed by atoms with Crippen LogP contribution in [0.15, 0.2) is 48.7 Å². The molecule has 0 radical (unpaired) electrons. The van der Waals surface area contributed by atoms with Gasteiger partial charge in [-0.2, -0.15) is 4.73 Å². The van der Waals surface area contributed by atoms with Crippen molar-refractivity contribution < 1.29 is 23.2 Å². The molecule has 1 aliphatic rings. The Kier molecular flexibility index (Phi) is 3.88. The lowest BCUT2D eigenvalue weighted by Crippen LogP contribution is -2.42. The molecule has 3 rings (SSSR count). The van der Waals surface area contributed by atoms with Gasteiger partial charge in [0.05, 0.1) is 10.5 Å². The second kappa shape index (κ2) is 5.88. The molecule has 2 aromatic rings. The highest BCUT2D eigenvalue weighted by Crippen LogP contribution is 2.40. The van der Waals surface area contributed by atoms with Gasteiger partial charge in [0.2, 0.25) is 5.69 Å². The van der Waals surface area contributed by atoms with Crippen LogP contribution in [0.2, 0.25) is 0 Å². The fourth-order valence-electron chi connectivity index (χ4n) is 2.54. The number of fused-ring (bicyclic) bond motifs is 1. The molecule has 124 valence electrons. The predicted molar refractivity (Wildman–Crippen MR) is 80.9 cm³/mol. The fourth-order valence-corrected chi connectivity index (χ4v) is 2.54. The number of rotatable bonds is 4. The van der Waals surface area contributed by atoms with E-state index in [2.05, 4.69) is 0 Å². The number of pyridine rings is 1. The Balaban J connectivity index is 2.26. The highest BCUT2D eigenvalue weighted by atomic mass is 19.1. The van der Waals surface area contributed by atoms with Gasteiger partial charge < -0.3 is 9.94 Å². The number of nitrogens with zero attached hydrogens (tertiary/aromatic N) is 2. The molecule has 1 aromatic heterocycles. The van der Waals surface area contributed by atoms with Crippen LogP contribution in [0, 0.1) is 15.3 Å². The summed E-state index contributed by atoms with van der Waals surface area (Å²) in [6.07, 6.45) is 2.40. The third kappa shape index (κ3) is 2.55. The molecule has 1 aromatic carbocycles. The van der Waals surface area contributed by atoms with Crippen LogP contribution in [0.5, 0.6) is 5.75 Å². The Morgan fingerprint density at radius 2 is 1.96 bits per heavy atom. The van der Waals surface area contributed by atoms with E-state index in [9.17, 15) is 24.1 Å². The molecule has 0 saturated heterocycles. The third-order valence-corrected chi connectivity index (χ3v) is 3.74. The van der Waals surface area contributed by atoms with Crippen LogP contribution in [0.25, 0.3) is 5.57 Å². The zero-order valence-electron chi connectivity index (χ0n) is 12.3. The van der Waals surface area contributed by atoms with E-state index in [0.29, 0.717) is 4.73 Å². The average Bonchev–Trinajstić information content (AvgIpc) is 2.60. The summed E-state index contributed by atoms with van der Waals surface area (Å²) in [7, 11) is 0. The summed E-state index contributed by atoms with van der Waals surface area (Å²) in [6.45, 7) is -2.29. The van der Waals surface area contributed by atoms with Crippen LogP contribution in [-0.4, -0.2) is 23.9 Å². The summed E-state index contributed by atoms with van der Waals surface area (Å²) < 4.78 is 32.8. The monoisotopic (exact) mass is 334 g/mol. The van der Waals surface area contributed by atoms with Crippen molar-refractivity contribution in [3.63, 3.8) is 0 Å². The zero-order chi connectivity index (χ0) is 17.3. The smallest absolute Gasteiger partial charge is 0.270 e. The molecule has 0 unspecified atom stereocenters. The van der Waals surface area contributed by atoms with E-state index < -0.39 is 23.9 Å². The lowest BCUT2D eigenvalue weighted by Gasteiger charge is -2.32. The molecule has 0 bridgehead atoms. The zero-order valence-corrected chi connectivity index (χ0v) is 12.3. The van der Waals surface area contributed by atoms with Gasteiger partial charge in [0.1, 0.15) is 19.1 Å². The van der Waals surface area contributed by atoms with Crippen LogP contribution >= 0.6 is 0 Å². The van der Waals surface area contributed by atoms with Gasteiger partial charge in [0, 0.05) is 29.8 Å². The van der Waals surface area contributed by atoms with E-state index in [1.807, 2.05) is 0 Å². The standard InChI is InChI=1S/C16H12F2N2O4/c17-9-16(10-18)8-13(14-3-1-2-6-19(14)21)12-7-11(20(22)23)4-5-15(12)24-16/h1-8H,9-10H2. The van der Waals surface area contributed by atoms with Crippen molar-refractivity contribution in [3.05, 3.63) is 75.3 Å². The van der Waals surface area contributed by atoms with Gasteiger partial charge >= 0.3 is 0 Å². The van der Waals surface area contributed by atoms with Crippen LogP contribution in [0.3, 0.4) is 0 Å². The minimum absolute atomic E-state index is 0.0808. The number of hydrogen-bond acceptors (Lipinski definition) is 4. The molecular weight excluding hydrogens is 322 g/mol. The second-order valence-electron chi connectivity index (χ2n) is 5.34. The highest BCUT2D eigenvalue weighted by molar-refractivity contribution is 5.83. The molecule has 2 heterocycles. The Bertz CT molecular complexity index is 835. The van der Waals surface area contributed by atoms with Crippen molar-refractivity contribution in [2.45, 2.75) is 5.60 Å².